The molecule has 5 rings (SSSR count). The molecule has 34 heavy (non-hydrogen) atoms. The van der Waals surface area contributed by atoms with Gasteiger partial charge in [-0.2, -0.15) is 13.2 Å². The summed E-state index contributed by atoms with van der Waals surface area (Å²) in [6.07, 6.45) is -1.60. The number of fused-ring (bicyclic) bond motifs is 1. The van der Waals surface area contributed by atoms with Gasteiger partial charge in [0.15, 0.2) is 0 Å². The van der Waals surface area contributed by atoms with Crippen molar-refractivity contribution < 1.29 is 37.0 Å². The minimum Gasteiger partial charge on any atom is -0.489 e. The summed E-state index contributed by atoms with van der Waals surface area (Å²) >= 11 is 0. The smallest absolute Gasteiger partial charge is 0.411 e. The van der Waals surface area contributed by atoms with Gasteiger partial charge in [0.25, 0.3) is 5.91 Å². The van der Waals surface area contributed by atoms with Gasteiger partial charge in [0.1, 0.15) is 24.5 Å². The van der Waals surface area contributed by atoms with E-state index in [0.717, 1.165) is 24.8 Å². The van der Waals surface area contributed by atoms with Gasteiger partial charge in [-0.1, -0.05) is 0 Å². The lowest BCUT2D eigenvalue weighted by atomic mass is 10.0. The Morgan fingerprint density at radius 1 is 1.09 bits per heavy atom. The minimum absolute atomic E-state index is 0.0926. The first-order chi connectivity index (χ1) is 16.2. The van der Waals surface area contributed by atoms with Crippen molar-refractivity contribution in [3.05, 3.63) is 29.3 Å². The number of alkyl halides is 3. The second kappa shape index (κ2) is 8.84. The SMILES string of the molecule is O=C1CCC(N2Cc3cc(O[C@H]4CCC[C@H]4N4CC(OCC(F)(F)F)C4)ccc3C2=O)C(=O)N1. The molecule has 3 heterocycles. The van der Waals surface area contributed by atoms with Crippen LogP contribution in [0.25, 0.3) is 0 Å². The number of carbonyl (C=O) groups excluding carboxylic acids is 3. The van der Waals surface area contributed by atoms with Crippen LogP contribution in [0.4, 0.5) is 13.2 Å². The molecule has 0 bridgehead atoms. The Labute approximate surface area is 194 Å². The summed E-state index contributed by atoms with van der Waals surface area (Å²) in [5, 5.41) is 2.29. The molecule has 8 nitrogen and oxygen atoms in total. The molecule has 1 aromatic rings. The van der Waals surface area contributed by atoms with Crippen LogP contribution < -0.4 is 10.1 Å². The molecule has 184 valence electrons. The number of benzene rings is 1. The molecule has 3 atom stereocenters. The molecule has 2 saturated heterocycles. The van der Waals surface area contributed by atoms with E-state index in [1.54, 1.807) is 12.1 Å². The number of imide groups is 1. The van der Waals surface area contributed by atoms with Crippen LogP contribution in [0.15, 0.2) is 18.2 Å². The van der Waals surface area contributed by atoms with E-state index in [9.17, 15) is 27.6 Å². The van der Waals surface area contributed by atoms with Crippen LogP contribution in [-0.4, -0.2) is 77.7 Å². The van der Waals surface area contributed by atoms with Gasteiger partial charge in [-0.3, -0.25) is 24.6 Å². The largest absolute Gasteiger partial charge is 0.489 e. The third-order valence-corrected chi connectivity index (χ3v) is 7.03. The summed E-state index contributed by atoms with van der Waals surface area (Å²) in [7, 11) is 0. The lowest BCUT2D eigenvalue weighted by Crippen LogP contribution is -2.59. The molecule has 0 spiro atoms. The zero-order valence-corrected chi connectivity index (χ0v) is 18.5. The van der Waals surface area contributed by atoms with E-state index < -0.39 is 30.8 Å². The lowest BCUT2D eigenvalue weighted by Gasteiger charge is -2.44. The van der Waals surface area contributed by atoms with E-state index in [0.29, 0.717) is 30.8 Å². The zero-order chi connectivity index (χ0) is 24.0. The zero-order valence-electron chi connectivity index (χ0n) is 18.5. The van der Waals surface area contributed by atoms with Gasteiger partial charge in [-0.15, -0.1) is 0 Å². The van der Waals surface area contributed by atoms with Crippen LogP contribution in [0.1, 0.15) is 48.0 Å². The summed E-state index contributed by atoms with van der Waals surface area (Å²) in [5.74, 6) is -0.387. The minimum atomic E-state index is -4.32. The summed E-state index contributed by atoms with van der Waals surface area (Å²) in [5.41, 5.74) is 1.29. The van der Waals surface area contributed by atoms with E-state index in [2.05, 4.69) is 10.2 Å². The second-order valence-electron chi connectivity index (χ2n) is 9.38. The van der Waals surface area contributed by atoms with E-state index in [-0.39, 0.29) is 36.9 Å². The Kier molecular flexibility index (Phi) is 6.01. The topological polar surface area (TPSA) is 88.2 Å². The second-order valence-corrected chi connectivity index (χ2v) is 9.38. The molecule has 4 aliphatic rings. The molecule has 11 heteroatoms. The Hall–Kier alpha value is -2.66. The fourth-order valence-electron chi connectivity index (χ4n) is 5.32. The molecule has 1 unspecified atom stereocenters. The van der Waals surface area contributed by atoms with Crippen molar-refractivity contribution >= 4 is 17.7 Å². The molecule has 3 amide bonds. The van der Waals surface area contributed by atoms with E-state index >= 15 is 0 Å². The Morgan fingerprint density at radius 2 is 1.88 bits per heavy atom. The Morgan fingerprint density at radius 3 is 2.62 bits per heavy atom. The molecule has 0 radical (unpaired) electrons. The number of halogens is 3. The van der Waals surface area contributed by atoms with E-state index in [1.807, 2.05) is 6.07 Å². The summed E-state index contributed by atoms with van der Waals surface area (Å²) < 4.78 is 48.2. The number of nitrogens with zero attached hydrogens (tertiary/aromatic N) is 2. The highest BCUT2D eigenvalue weighted by molar-refractivity contribution is 6.05. The van der Waals surface area contributed by atoms with Crippen molar-refractivity contribution in [2.75, 3.05) is 19.7 Å². The number of piperidine rings is 1. The van der Waals surface area contributed by atoms with Crippen molar-refractivity contribution in [1.29, 1.82) is 0 Å². The average molecular weight is 481 g/mol. The monoisotopic (exact) mass is 481 g/mol. The maximum Gasteiger partial charge on any atom is 0.411 e. The number of hydrogen-bond donors (Lipinski definition) is 1. The van der Waals surface area contributed by atoms with Crippen molar-refractivity contribution in [2.24, 2.45) is 0 Å². The predicted molar refractivity (Wildman–Crippen MR) is 112 cm³/mol. The van der Waals surface area contributed by atoms with Crippen LogP contribution in [0.3, 0.4) is 0 Å². The quantitative estimate of drug-likeness (QED) is 0.626. The lowest BCUT2D eigenvalue weighted by molar-refractivity contribution is -0.202. The first-order valence-electron chi connectivity index (χ1n) is 11.5. The molecule has 1 saturated carbocycles. The molecular weight excluding hydrogens is 455 g/mol. The maximum atomic E-state index is 12.8. The molecule has 3 aliphatic heterocycles. The number of likely N-dealkylation sites (tertiary alicyclic amines) is 1. The van der Waals surface area contributed by atoms with Gasteiger partial charge in [0, 0.05) is 37.7 Å². The molecule has 3 fully saturated rings. The maximum absolute atomic E-state index is 12.8. The summed E-state index contributed by atoms with van der Waals surface area (Å²) in [4.78, 5) is 40.1. The normalized spacial score (nSPS) is 28.1. The van der Waals surface area contributed by atoms with Gasteiger partial charge >= 0.3 is 6.18 Å². The van der Waals surface area contributed by atoms with Crippen LogP contribution in [0.5, 0.6) is 5.75 Å². The third-order valence-electron chi connectivity index (χ3n) is 7.03. The van der Waals surface area contributed by atoms with Gasteiger partial charge < -0.3 is 14.4 Å². The van der Waals surface area contributed by atoms with Crippen LogP contribution >= 0.6 is 0 Å². The molecule has 1 aromatic carbocycles. The number of amides is 3. The average Bonchev–Trinajstić information content (AvgIpc) is 3.30. The molecule has 1 aliphatic carbocycles. The number of ether oxygens (including phenoxy) is 2. The van der Waals surface area contributed by atoms with Gasteiger partial charge in [0.2, 0.25) is 11.8 Å². The van der Waals surface area contributed by atoms with Crippen LogP contribution in [0.2, 0.25) is 0 Å². The van der Waals surface area contributed by atoms with Gasteiger partial charge in [-0.05, 0) is 49.4 Å². The Bertz CT molecular complexity index is 995. The highest BCUT2D eigenvalue weighted by atomic mass is 19.4. The summed E-state index contributed by atoms with van der Waals surface area (Å²) in [6.45, 7) is -0.0314. The van der Waals surface area contributed by atoms with Crippen molar-refractivity contribution in [1.82, 2.24) is 15.1 Å². The van der Waals surface area contributed by atoms with Gasteiger partial charge in [0.05, 0.1) is 6.10 Å². The van der Waals surface area contributed by atoms with E-state index in [1.165, 1.54) is 4.90 Å². The first-order valence-corrected chi connectivity index (χ1v) is 11.5. The van der Waals surface area contributed by atoms with E-state index in [4.69, 9.17) is 9.47 Å². The molecule has 1 N–H and O–H groups in total. The molecule has 0 aromatic heterocycles. The van der Waals surface area contributed by atoms with Crippen LogP contribution in [0, 0.1) is 0 Å². The van der Waals surface area contributed by atoms with Crippen LogP contribution in [-0.2, 0) is 20.9 Å². The fraction of sp³-hybridized carbons (Fsp3) is 0.609. The number of rotatable bonds is 6. The van der Waals surface area contributed by atoms with Crippen molar-refractivity contribution in [3.63, 3.8) is 0 Å². The van der Waals surface area contributed by atoms with Crippen molar-refractivity contribution in [2.45, 2.75) is 69.1 Å². The number of carbonyl (C=O) groups is 3. The summed E-state index contributed by atoms with van der Waals surface area (Å²) in [6, 6.07) is 4.71. The van der Waals surface area contributed by atoms with Crippen molar-refractivity contribution in [3.8, 4) is 5.75 Å². The first kappa shape index (κ1) is 23.1. The fourth-order valence-corrected chi connectivity index (χ4v) is 5.32. The third kappa shape index (κ3) is 4.63. The Balaban J connectivity index is 1.19. The highest BCUT2D eigenvalue weighted by Crippen LogP contribution is 2.35. The number of hydrogen-bond acceptors (Lipinski definition) is 6. The standard InChI is InChI=1S/C23H26F3N3O5/c24-23(25,26)12-33-15-10-28(11-15)17-2-1-3-19(17)34-14-4-5-16-13(8-14)9-29(22(16)32)18-6-7-20(30)27-21(18)31/h4-5,8,15,17-19H,1-3,6-7,9-12H2,(H,27,30,31)/t17-,18?,19+/m1/s1. The highest BCUT2D eigenvalue weighted by Gasteiger charge is 2.43. The number of nitrogens with one attached hydrogen (secondary N) is 1. The van der Waals surface area contributed by atoms with Gasteiger partial charge in [-0.25, -0.2) is 0 Å². The molecular formula is C23H26F3N3O5. The predicted octanol–water partition coefficient (Wildman–Crippen LogP) is 2.01.